The molecule has 2 amide bonds. The van der Waals surface area contributed by atoms with Gasteiger partial charge in [0.15, 0.2) is 0 Å². The van der Waals surface area contributed by atoms with Gasteiger partial charge in [0.05, 0.1) is 0 Å². The van der Waals surface area contributed by atoms with E-state index in [9.17, 15) is 0 Å². The molecule has 2 N–H and O–H groups in total. The van der Waals surface area contributed by atoms with Crippen molar-refractivity contribution >= 4 is 31.4 Å². The summed E-state index contributed by atoms with van der Waals surface area (Å²) in [7, 11) is 9.78. The number of halogens is 2. The van der Waals surface area contributed by atoms with Crippen LogP contribution in [-0.4, -0.2) is 12.8 Å². The Labute approximate surface area is 216 Å². The Morgan fingerprint density at radius 3 is 1.05 bits per heavy atom. The number of unbranched alkanes of at least 4 members (excludes halogenated alkanes) is 1. The van der Waals surface area contributed by atoms with Crippen LogP contribution in [0.5, 0.6) is 0 Å². The van der Waals surface area contributed by atoms with Gasteiger partial charge in [-0.1, -0.05) is 13.3 Å². The molecule has 0 saturated heterocycles. The van der Waals surface area contributed by atoms with E-state index in [1.165, 1.54) is 6.42 Å². The molecule has 0 saturated carbocycles. The second-order valence-electron chi connectivity index (χ2n) is 1.16. The molecule has 12 heteroatoms. The van der Waals surface area contributed by atoms with Crippen molar-refractivity contribution in [1.82, 2.24) is 0 Å². The van der Waals surface area contributed by atoms with Gasteiger partial charge in [0.1, 0.15) is 0 Å². The molecule has 0 heterocycles. The van der Waals surface area contributed by atoms with E-state index in [-0.39, 0.29) is 136 Å². The SMILES string of the molecule is [CH2-]CCC.[CH3-].[CH3-].[Cl][Ti][Cl].[NH-]C=O.[NH-]C=O.[Ti+2].[Ti].[Ti].[Ti].[Ti]. The average Bonchev–Trinajstić information content (AvgIpc) is 2.08. The zero-order valence-electron chi connectivity index (χ0n) is 11.8. The van der Waals surface area contributed by atoms with E-state index in [0.717, 1.165) is 6.42 Å². The molecular weight excluding hydrogens is 514 g/mol. The van der Waals surface area contributed by atoms with Crippen LogP contribution in [0.3, 0.4) is 0 Å². The van der Waals surface area contributed by atoms with Gasteiger partial charge in [0.2, 0.25) is 0 Å². The van der Waals surface area contributed by atoms with Crippen molar-refractivity contribution in [2.24, 2.45) is 0 Å². The number of carbonyl (C=O) groups excluding carboxylic acids is 2. The first-order valence-corrected chi connectivity index (χ1v) is 7.43. The first-order valence-electron chi connectivity index (χ1n) is 3.13. The van der Waals surface area contributed by atoms with Gasteiger partial charge in [-0.3, -0.25) is 0 Å². The molecule has 0 atom stereocenters. The summed E-state index contributed by atoms with van der Waals surface area (Å²) >= 11 is -0.556. The zero-order valence-corrected chi connectivity index (χ0v) is 22.7. The van der Waals surface area contributed by atoms with Crippen LogP contribution in [0.1, 0.15) is 19.8 Å². The molecule has 20 heavy (non-hydrogen) atoms. The van der Waals surface area contributed by atoms with Crippen LogP contribution in [0.25, 0.3) is 11.5 Å². The van der Waals surface area contributed by atoms with Crippen LogP contribution < -0.4 is 0 Å². The minimum atomic E-state index is -0.556. The van der Waals surface area contributed by atoms with Crippen LogP contribution in [-0.2, 0) is 135 Å². The Bertz CT molecular complexity index is 86.0. The molecule has 4 nitrogen and oxygen atoms in total. The molecule has 0 aliphatic heterocycles. The van der Waals surface area contributed by atoms with E-state index < -0.39 is 17.0 Å². The molecule has 0 unspecified atom stereocenters. The number of hydrogen-bond donors (Lipinski definition) is 0. The Kier molecular flexibility index (Phi) is 528. The molecular formula is C8H19Cl2N2O2Ti6-3. The van der Waals surface area contributed by atoms with Crippen LogP contribution in [0.2, 0.25) is 0 Å². The van der Waals surface area contributed by atoms with Gasteiger partial charge >= 0.3 is 57.4 Å². The zero-order chi connectivity index (χ0) is 11.5. The van der Waals surface area contributed by atoms with Gasteiger partial charge in [0.25, 0.3) is 0 Å². The average molecular weight is 533 g/mol. The van der Waals surface area contributed by atoms with Crippen LogP contribution in [0, 0.1) is 21.8 Å². The summed E-state index contributed by atoms with van der Waals surface area (Å²) in [6, 6.07) is 0. The fourth-order valence-corrected chi connectivity index (χ4v) is 0. The maximum Gasteiger partial charge on any atom is 2.00 e. The van der Waals surface area contributed by atoms with Gasteiger partial charge in [0, 0.05) is 99.7 Å². The predicted octanol–water partition coefficient (Wildman–Crippen LogP) is 4.28. The van der Waals surface area contributed by atoms with Crippen molar-refractivity contribution in [3.05, 3.63) is 33.2 Å². The number of carbonyl (C=O) groups is 2. The molecule has 0 aliphatic rings. The standard InChI is InChI=1S/C4H9.2CH3NO.2CH3.2ClH.6Ti/c1-3-4-2;2*2-1-3;;;;;;;;;;/h1,3-4H2,2H3;2*1H,(H2,2,3);2*1H3;2*1H;;;;;;/q-1;;;2*-1;;;;;;;2*+2/p-4. The van der Waals surface area contributed by atoms with Crippen LogP contribution >= 0.6 is 18.6 Å². The summed E-state index contributed by atoms with van der Waals surface area (Å²) < 4.78 is 0. The summed E-state index contributed by atoms with van der Waals surface area (Å²) in [6.45, 7) is 5.72. The third-order valence-electron chi connectivity index (χ3n) is 0.354. The van der Waals surface area contributed by atoms with Gasteiger partial charge in [-0.25, -0.2) is 0 Å². The maximum absolute atomic E-state index is 8.47. The Morgan fingerprint density at radius 1 is 1.00 bits per heavy atom. The molecule has 0 aliphatic carbocycles. The van der Waals surface area contributed by atoms with Crippen LogP contribution in [0.4, 0.5) is 0 Å². The molecule has 0 fully saturated rings. The molecule has 0 aromatic rings. The van der Waals surface area contributed by atoms with Crippen molar-refractivity contribution in [2.45, 2.75) is 19.8 Å². The minimum Gasteiger partial charge on any atom is -0.671 e. The van der Waals surface area contributed by atoms with E-state index in [1.54, 1.807) is 0 Å². The molecule has 0 aromatic carbocycles. The quantitative estimate of drug-likeness (QED) is 0.287. The van der Waals surface area contributed by atoms with E-state index in [4.69, 9.17) is 39.7 Å². The van der Waals surface area contributed by atoms with Gasteiger partial charge in [-0.15, -0.1) is 0 Å². The summed E-state index contributed by atoms with van der Waals surface area (Å²) in [4.78, 5) is 16.9. The molecule has 0 radical (unpaired) electrons. The smallest absolute Gasteiger partial charge is 0.671 e. The minimum absolute atomic E-state index is 0. The van der Waals surface area contributed by atoms with E-state index in [2.05, 4.69) is 13.8 Å². The number of hydrogen-bond acceptors (Lipinski definition) is 2. The fraction of sp³-hybridized carbons (Fsp3) is 0.375. The van der Waals surface area contributed by atoms with E-state index in [0.29, 0.717) is 0 Å². The van der Waals surface area contributed by atoms with Crippen molar-refractivity contribution < 1.29 is 135 Å². The summed E-state index contributed by atoms with van der Waals surface area (Å²) in [5.74, 6) is 0. The van der Waals surface area contributed by atoms with Crippen molar-refractivity contribution in [3.8, 4) is 0 Å². The van der Waals surface area contributed by atoms with Gasteiger partial charge in [-0.2, -0.15) is 6.42 Å². The second kappa shape index (κ2) is 140. The number of amides is 2. The number of nitrogens with one attached hydrogen (secondary N) is 2. The summed E-state index contributed by atoms with van der Waals surface area (Å²) in [5, 5.41) is 0. The predicted molar refractivity (Wildman–Crippen MR) is 65.6 cm³/mol. The normalized spacial score (nSPS) is 3.40. The Balaban J connectivity index is -0.00000000540. The van der Waals surface area contributed by atoms with Gasteiger partial charge in [-0.05, 0) is 0 Å². The van der Waals surface area contributed by atoms with Crippen molar-refractivity contribution in [2.75, 3.05) is 0 Å². The summed E-state index contributed by atoms with van der Waals surface area (Å²) in [5.41, 5.74) is 11.1. The van der Waals surface area contributed by atoms with E-state index in [1.807, 2.05) is 0 Å². The third-order valence-corrected chi connectivity index (χ3v) is 0.354. The van der Waals surface area contributed by atoms with Gasteiger partial charge < -0.3 is 42.8 Å². The summed E-state index contributed by atoms with van der Waals surface area (Å²) in [6.07, 6.45) is 2.28. The van der Waals surface area contributed by atoms with Crippen LogP contribution in [0.15, 0.2) is 0 Å². The molecule has 0 rings (SSSR count). The van der Waals surface area contributed by atoms with E-state index >= 15 is 0 Å². The second-order valence-corrected chi connectivity index (χ2v) is 3.74. The Morgan fingerprint density at radius 2 is 1.05 bits per heavy atom. The van der Waals surface area contributed by atoms with Crippen molar-refractivity contribution in [3.63, 3.8) is 0 Å². The third kappa shape index (κ3) is 409. The first-order chi connectivity index (χ1) is 6.16. The monoisotopic (exact) mass is 533 g/mol. The fourth-order valence-electron chi connectivity index (χ4n) is 0. The molecule has 0 bridgehead atoms. The molecule has 0 aromatic heterocycles. The Hall–Kier alpha value is 3.81. The topological polar surface area (TPSA) is 81.7 Å². The first kappa shape index (κ1) is 75.5. The molecule has 0 spiro atoms. The molecule has 114 valence electrons. The maximum atomic E-state index is 8.47. The largest absolute Gasteiger partial charge is 2.00 e. The number of rotatable bonds is 1. The van der Waals surface area contributed by atoms with Crippen molar-refractivity contribution in [1.29, 1.82) is 0 Å².